The highest BCUT2D eigenvalue weighted by Crippen LogP contribution is 2.39. The maximum Gasteiger partial charge on any atom is 0.404 e. The Morgan fingerprint density at radius 1 is 1.15 bits per heavy atom. The van der Waals surface area contributed by atoms with Crippen molar-refractivity contribution in [3.63, 3.8) is 0 Å². The largest absolute Gasteiger partial charge is 0.465 e. The first-order valence-electron chi connectivity index (χ1n) is 8.71. The molecule has 0 aliphatic carbocycles. The highest BCUT2D eigenvalue weighted by Gasteiger charge is 2.31. The predicted molar refractivity (Wildman–Crippen MR) is 102 cm³/mol. The minimum Gasteiger partial charge on any atom is -0.465 e. The molecule has 9 heteroatoms. The summed E-state index contributed by atoms with van der Waals surface area (Å²) in [6, 6.07) is 8.31. The van der Waals surface area contributed by atoms with Gasteiger partial charge in [-0.1, -0.05) is 12.1 Å². The van der Waals surface area contributed by atoms with Gasteiger partial charge in [0.1, 0.15) is 0 Å². The maximum absolute atomic E-state index is 12.7. The SMILES string of the molecule is CCN1C(=O)c2cccc3c(S(=O)(=O)NCCCCNC(=O)O)ccc1c23. The van der Waals surface area contributed by atoms with E-state index in [0.717, 1.165) is 5.69 Å². The Balaban J connectivity index is 1.82. The Morgan fingerprint density at radius 3 is 2.59 bits per heavy atom. The van der Waals surface area contributed by atoms with Crippen molar-refractivity contribution >= 4 is 38.5 Å². The van der Waals surface area contributed by atoms with Crippen molar-refractivity contribution in [2.24, 2.45) is 0 Å². The van der Waals surface area contributed by atoms with E-state index >= 15 is 0 Å². The number of carboxylic acid groups (broad SMARTS) is 1. The lowest BCUT2D eigenvalue weighted by atomic mass is 10.1. The summed E-state index contributed by atoms with van der Waals surface area (Å²) in [6.07, 6.45) is -0.0688. The molecule has 0 radical (unpaired) electrons. The van der Waals surface area contributed by atoms with Gasteiger partial charge in [-0.2, -0.15) is 0 Å². The number of hydrogen-bond donors (Lipinski definition) is 3. The van der Waals surface area contributed by atoms with Gasteiger partial charge in [-0.3, -0.25) is 4.79 Å². The molecule has 3 N–H and O–H groups in total. The van der Waals surface area contributed by atoms with E-state index in [9.17, 15) is 18.0 Å². The summed E-state index contributed by atoms with van der Waals surface area (Å²) in [5, 5.41) is 11.9. The van der Waals surface area contributed by atoms with Crippen molar-refractivity contribution in [3.05, 3.63) is 35.9 Å². The van der Waals surface area contributed by atoms with Crippen molar-refractivity contribution < 1.29 is 23.1 Å². The van der Waals surface area contributed by atoms with Gasteiger partial charge < -0.3 is 15.3 Å². The summed E-state index contributed by atoms with van der Waals surface area (Å²) < 4.78 is 28.0. The molecule has 2 aromatic rings. The van der Waals surface area contributed by atoms with Crippen LogP contribution < -0.4 is 14.9 Å². The molecule has 0 saturated heterocycles. The van der Waals surface area contributed by atoms with Gasteiger partial charge in [-0.15, -0.1) is 0 Å². The fourth-order valence-corrected chi connectivity index (χ4v) is 4.57. The average Bonchev–Trinajstić information content (AvgIpc) is 2.91. The van der Waals surface area contributed by atoms with Crippen LogP contribution in [0.2, 0.25) is 0 Å². The van der Waals surface area contributed by atoms with E-state index in [1.165, 1.54) is 6.07 Å². The average molecular weight is 391 g/mol. The Labute approximate surface area is 157 Å². The zero-order valence-corrected chi connectivity index (χ0v) is 15.7. The van der Waals surface area contributed by atoms with E-state index in [-0.39, 0.29) is 23.9 Å². The Kier molecular flexibility index (Phi) is 5.33. The highest BCUT2D eigenvalue weighted by molar-refractivity contribution is 7.89. The molecule has 0 aromatic heterocycles. The van der Waals surface area contributed by atoms with Crippen LogP contribution in [-0.2, 0) is 10.0 Å². The summed E-state index contributed by atoms with van der Waals surface area (Å²) in [7, 11) is -3.75. The van der Waals surface area contributed by atoms with Crippen LogP contribution in [0.4, 0.5) is 10.5 Å². The summed E-state index contributed by atoms with van der Waals surface area (Å²) in [5.41, 5.74) is 1.24. The van der Waals surface area contributed by atoms with Crippen LogP contribution in [0.15, 0.2) is 35.2 Å². The number of nitrogens with one attached hydrogen (secondary N) is 2. The second kappa shape index (κ2) is 7.53. The Hall–Kier alpha value is -2.65. The van der Waals surface area contributed by atoms with Gasteiger partial charge in [0.15, 0.2) is 0 Å². The number of nitrogens with zero attached hydrogens (tertiary/aromatic N) is 1. The number of unbranched alkanes of at least 4 members (excludes halogenated alkanes) is 1. The summed E-state index contributed by atoms with van der Waals surface area (Å²) in [6.45, 7) is 2.86. The van der Waals surface area contributed by atoms with Crippen LogP contribution in [0.5, 0.6) is 0 Å². The predicted octanol–water partition coefficient (Wildman–Crippen LogP) is 2.15. The van der Waals surface area contributed by atoms with Crippen molar-refractivity contribution in [1.29, 1.82) is 0 Å². The van der Waals surface area contributed by atoms with Crippen LogP contribution in [0.1, 0.15) is 30.1 Å². The summed E-state index contributed by atoms with van der Waals surface area (Å²) in [5.74, 6) is -0.119. The van der Waals surface area contributed by atoms with Crippen molar-refractivity contribution in [2.75, 3.05) is 24.5 Å². The zero-order chi connectivity index (χ0) is 19.6. The van der Waals surface area contributed by atoms with Crippen LogP contribution in [-0.4, -0.2) is 45.2 Å². The molecule has 2 aromatic carbocycles. The second-order valence-electron chi connectivity index (χ2n) is 6.20. The van der Waals surface area contributed by atoms with E-state index in [4.69, 9.17) is 5.11 Å². The molecular formula is C18H21N3O5S. The lowest BCUT2D eigenvalue weighted by molar-refractivity contribution is 0.0994. The van der Waals surface area contributed by atoms with E-state index < -0.39 is 16.1 Å². The highest BCUT2D eigenvalue weighted by atomic mass is 32.2. The minimum absolute atomic E-state index is 0.119. The van der Waals surface area contributed by atoms with Crippen LogP contribution in [0.25, 0.3) is 10.8 Å². The van der Waals surface area contributed by atoms with Gasteiger partial charge >= 0.3 is 6.09 Å². The van der Waals surface area contributed by atoms with E-state index in [1.807, 2.05) is 6.92 Å². The smallest absolute Gasteiger partial charge is 0.404 e. The molecule has 1 heterocycles. The van der Waals surface area contributed by atoms with E-state index in [2.05, 4.69) is 10.0 Å². The van der Waals surface area contributed by atoms with Gasteiger partial charge in [0.05, 0.1) is 10.6 Å². The van der Waals surface area contributed by atoms with Crippen LogP contribution in [0.3, 0.4) is 0 Å². The van der Waals surface area contributed by atoms with E-state index in [0.29, 0.717) is 35.7 Å². The van der Waals surface area contributed by atoms with Crippen LogP contribution in [0, 0.1) is 0 Å². The topological polar surface area (TPSA) is 116 Å². The standard InChI is InChI=1S/C18H21N3O5S/c1-2-21-14-8-9-15(12-6-5-7-13(16(12)14)17(21)22)27(25,26)20-11-4-3-10-19-18(23)24/h5-9,19-20H,2-4,10-11H2,1H3,(H,23,24). The number of carbonyl (C=O) groups is 2. The fraction of sp³-hybridized carbons (Fsp3) is 0.333. The first kappa shape index (κ1) is 19.1. The molecule has 0 atom stereocenters. The molecule has 0 unspecified atom stereocenters. The summed E-state index contributed by atoms with van der Waals surface area (Å²) in [4.78, 5) is 24.7. The molecule has 27 heavy (non-hydrogen) atoms. The maximum atomic E-state index is 12.7. The third kappa shape index (κ3) is 3.60. The number of hydrogen-bond acceptors (Lipinski definition) is 4. The van der Waals surface area contributed by atoms with Gasteiger partial charge in [-0.25, -0.2) is 17.9 Å². The number of rotatable bonds is 8. The minimum atomic E-state index is -3.75. The quantitative estimate of drug-likeness (QED) is 0.596. The third-order valence-corrected chi connectivity index (χ3v) is 6.04. The molecule has 0 fully saturated rings. The molecule has 0 saturated carbocycles. The molecule has 0 bridgehead atoms. The first-order valence-corrected chi connectivity index (χ1v) is 10.2. The number of carbonyl (C=O) groups excluding carboxylic acids is 1. The third-order valence-electron chi connectivity index (χ3n) is 4.52. The molecule has 2 amide bonds. The summed E-state index contributed by atoms with van der Waals surface area (Å²) >= 11 is 0. The van der Waals surface area contributed by atoms with Crippen molar-refractivity contribution in [1.82, 2.24) is 10.0 Å². The Bertz CT molecular complexity index is 1000. The molecule has 1 aliphatic heterocycles. The van der Waals surface area contributed by atoms with Gasteiger partial charge in [-0.05, 0) is 38.0 Å². The molecule has 144 valence electrons. The van der Waals surface area contributed by atoms with Crippen molar-refractivity contribution in [2.45, 2.75) is 24.7 Å². The number of sulfonamides is 1. The monoisotopic (exact) mass is 391 g/mol. The molecule has 0 spiro atoms. The lowest BCUT2D eigenvalue weighted by Gasteiger charge is -2.15. The van der Waals surface area contributed by atoms with Gasteiger partial charge in [0.2, 0.25) is 10.0 Å². The molecule has 1 aliphatic rings. The van der Waals surface area contributed by atoms with Gasteiger partial charge in [0, 0.05) is 36.0 Å². The normalized spacial score (nSPS) is 13.4. The first-order chi connectivity index (χ1) is 12.9. The van der Waals surface area contributed by atoms with Crippen LogP contribution >= 0.6 is 0 Å². The fourth-order valence-electron chi connectivity index (χ4n) is 3.30. The van der Waals surface area contributed by atoms with Crippen molar-refractivity contribution in [3.8, 4) is 0 Å². The zero-order valence-electron chi connectivity index (χ0n) is 14.9. The number of anilines is 1. The number of benzene rings is 2. The second-order valence-corrected chi connectivity index (χ2v) is 7.93. The molecule has 8 nitrogen and oxygen atoms in total. The Morgan fingerprint density at radius 2 is 1.89 bits per heavy atom. The lowest BCUT2D eigenvalue weighted by Crippen LogP contribution is -2.27. The molecule has 3 rings (SSSR count). The molecular weight excluding hydrogens is 370 g/mol. The number of amides is 2. The van der Waals surface area contributed by atoms with E-state index in [1.54, 1.807) is 29.2 Å². The van der Waals surface area contributed by atoms with Gasteiger partial charge in [0.25, 0.3) is 5.91 Å².